The monoisotopic (exact) mass is 329 g/mol. The zero-order chi connectivity index (χ0) is 17.5. The van der Waals surface area contributed by atoms with Gasteiger partial charge < -0.3 is 10.4 Å². The second-order valence-corrected chi connectivity index (χ2v) is 6.12. The highest BCUT2D eigenvalue weighted by atomic mass is 19.4. The van der Waals surface area contributed by atoms with Gasteiger partial charge in [-0.05, 0) is 43.9 Å². The fourth-order valence-electron chi connectivity index (χ4n) is 3.10. The number of halogens is 3. The molecule has 2 rings (SSSR count). The van der Waals surface area contributed by atoms with Crippen LogP contribution in [0.15, 0.2) is 24.3 Å². The second-order valence-electron chi connectivity index (χ2n) is 6.12. The van der Waals surface area contributed by atoms with E-state index in [-0.39, 0.29) is 18.4 Å². The minimum absolute atomic E-state index is 0.229. The number of carbonyl (C=O) groups excluding carboxylic acids is 2. The molecule has 1 aromatic rings. The van der Waals surface area contributed by atoms with Gasteiger partial charge in [0.2, 0.25) is 5.91 Å². The van der Waals surface area contributed by atoms with Crippen LogP contribution in [0.3, 0.4) is 0 Å². The molecule has 1 aliphatic rings. The molecule has 0 heterocycles. The maximum atomic E-state index is 12.7. The zero-order valence-corrected chi connectivity index (χ0v) is 12.8. The van der Waals surface area contributed by atoms with Crippen molar-refractivity contribution < 1.29 is 27.9 Å². The molecule has 0 unspecified atom stereocenters. The van der Waals surface area contributed by atoms with Crippen LogP contribution in [-0.2, 0) is 21.3 Å². The average Bonchev–Trinajstić information content (AvgIpc) is 2.43. The smallest absolute Gasteiger partial charge is 0.382 e. The normalized spacial score (nSPS) is 28.5. The van der Waals surface area contributed by atoms with E-state index >= 15 is 0 Å². The second kappa shape index (κ2) is 5.63. The maximum absolute atomic E-state index is 12.7. The van der Waals surface area contributed by atoms with Gasteiger partial charge in [0, 0.05) is 6.92 Å². The predicted molar refractivity (Wildman–Crippen MR) is 76.4 cm³/mol. The van der Waals surface area contributed by atoms with Gasteiger partial charge >= 0.3 is 6.18 Å². The summed E-state index contributed by atoms with van der Waals surface area (Å²) >= 11 is 0. The quantitative estimate of drug-likeness (QED) is 0.876. The van der Waals surface area contributed by atoms with Crippen molar-refractivity contribution in [2.45, 2.75) is 50.4 Å². The maximum Gasteiger partial charge on any atom is 0.416 e. The van der Waals surface area contributed by atoms with Crippen molar-refractivity contribution in [3.8, 4) is 0 Å². The molecule has 2 N–H and O–H groups in total. The van der Waals surface area contributed by atoms with Gasteiger partial charge in [0.15, 0.2) is 5.78 Å². The van der Waals surface area contributed by atoms with Crippen LogP contribution in [0.4, 0.5) is 13.2 Å². The van der Waals surface area contributed by atoms with Gasteiger partial charge in [-0.2, -0.15) is 13.2 Å². The van der Waals surface area contributed by atoms with Crippen LogP contribution in [0.25, 0.3) is 0 Å². The fourth-order valence-corrected chi connectivity index (χ4v) is 3.10. The Morgan fingerprint density at radius 2 is 1.78 bits per heavy atom. The van der Waals surface area contributed by atoms with Crippen molar-refractivity contribution in [3.63, 3.8) is 0 Å². The number of nitrogens with one attached hydrogen (secondary N) is 1. The molecule has 0 radical (unpaired) electrons. The SMILES string of the molecule is CC(=O)N[C@@]1(c2ccc(C(F)(F)F)cc2)CCC[C@](C)(O)C1=O. The van der Waals surface area contributed by atoms with Crippen molar-refractivity contribution in [2.75, 3.05) is 0 Å². The van der Waals surface area contributed by atoms with Crippen molar-refractivity contribution in [3.05, 3.63) is 35.4 Å². The third-order valence-electron chi connectivity index (χ3n) is 4.19. The fraction of sp³-hybridized carbons (Fsp3) is 0.500. The zero-order valence-electron chi connectivity index (χ0n) is 12.8. The summed E-state index contributed by atoms with van der Waals surface area (Å²) in [4.78, 5) is 24.2. The minimum Gasteiger partial charge on any atom is -0.382 e. The molecular formula is C16H18F3NO3. The Labute approximate surface area is 131 Å². The van der Waals surface area contributed by atoms with E-state index in [1.165, 1.54) is 26.0 Å². The summed E-state index contributed by atoms with van der Waals surface area (Å²) in [5.74, 6) is -1.10. The molecule has 1 aromatic carbocycles. The van der Waals surface area contributed by atoms with E-state index in [1.807, 2.05) is 0 Å². The third-order valence-corrected chi connectivity index (χ3v) is 4.19. The molecule has 0 aromatic heterocycles. The highest BCUT2D eigenvalue weighted by Gasteiger charge is 2.51. The molecule has 4 nitrogen and oxygen atoms in total. The molecule has 2 atom stereocenters. The van der Waals surface area contributed by atoms with Crippen molar-refractivity contribution in [1.82, 2.24) is 5.32 Å². The van der Waals surface area contributed by atoms with Crippen molar-refractivity contribution >= 4 is 11.7 Å². The molecule has 0 aliphatic heterocycles. The van der Waals surface area contributed by atoms with E-state index in [2.05, 4.69) is 5.32 Å². The lowest BCUT2D eigenvalue weighted by atomic mass is 9.69. The number of hydrogen-bond acceptors (Lipinski definition) is 3. The van der Waals surface area contributed by atoms with Gasteiger partial charge in [-0.15, -0.1) is 0 Å². The summed E-state index contributed by atoms with van der Waals surface area (Å²) in [5.41, 5.74) is -3.74. The first-order valence-electron chi connectivity index (χ1n) is 7.23. The number of alkyl halides is 3. The van der Waals surface area contributed by atoms with Crippen LogP contribution in [0.1, 0.15) is 44.2 Å². The summed E-state index contributed by atoms with van der Waals surface area (Å²) in [6.07, 6.45) is -3.55. The van der Waals surface area contributed by atoms with Gasteiger partial charge in [0.25, 0.3) is 0 Å². The van der Waals surface area contributed by atoms with E-state index in [0.29, 0.717) is 6.42 Å². The van der Waals surface area contributed by atoms with Gasteiger partial charge in [0.1, 0.15) is 11.1 Å². The molecule has 0 bridgehead atoms. The van der Waals surface area contributed by atoms with E-state index in [1.54, 1.807) is 0 Å². The molecule has 1 aliphatic carbocycles. The lowest BCUT2D eigenvalue weighted by Gasteiger charge is -2.43. The van der Waals surface area contributed by atoms with Crippen LogP contribution in [0.2, 0.25) is 0 Å². The van der Waals surface area contributed by atoms with E-state index in [4.69, 9.17) is 0 Å². The Hall–Kier alpha value is -1.89. The number of ketones is 1. The topological polar surface area (TPSA) is 66.4 Å². The van der Waals surface area contributed by atoms with Crippen molar-refractivity contribution in [1.29, 1.82) is 0 Å². The third kappa shape index (κ3) is 3.24. The first-order chi connectivity index (χ1) is 10.5. The Kier molecular flexibility index (Phi) is 4.28. The molecule has 0 saturated heterocycles. The number of benzene rings is 1. The molecule has 7 heteroatoms. The first kappa shape index (κ1) is 17.5. The number of amides is 1. The number of Topliss-reactive ketones (excluding diaryl/α,β-unsaturated/α-hetero) is 1. The minimum atomic E-state index is -4.48. The number of carbonyl (C=O) groups is 2. The Balaban J connectivity index is 2.51. The highest BCUT2D eigenvalue weighted by Crippen LogP contribution is 2.40. The van der Waals surface area contributed by atoms with Crippen LogP contribution >= 0.6 is 0 Å². The van der Waals surface area contributed by atoms with E-state index < -0.39 is 34.6 Å². The van der Waals surface area contributed by atoms with E-state index in [0.717, 1.165) is 12.1 Å². The van der Waals surface area contributed by atoms with Crippen LogP contribution < -0.4 is 5.32 Å². The van der Waals surface area contributed by atoms with Gasteiger partial charge in [-0.1, -0.05) is 12.1 Å². The summed E-state index contributed by atoms with van der Waals surface area (Å²) < 4.78 is 38.1. The average molecular weight is 329 g/mol. The largest absolute Gasteiger partial charge is 0.416 e. The number of aliphatic hydroxyl groups is 1. The summed E-state index contributed by atoms with van der Waals surface area (Å²) in [7, 11) is 0. The summed E-state index contributed by atoms with van der Waals surface area (Å²) in [6.45, 7) is 2.58. The van der Waals surface area contributed by atoms with Crippen LogP contribution in [-0.4, -0.2) is 22.4 Å². The van der Waals surface area contributed by atoms with Gasteiger partial charge in [-0.25, -0.2) is 0 Å². The molecule has 0 spiro atoms. The summed E-state index contributed by atoms with van der Waals surface area (Å²) in [5, 5.41) is 12.8. The summed E-state index contributed by atoms with van der Waals surface area (Å²) in [6, 6.07) is 4.10. The van der Waals surface area contributed by atoms with Gasteiger partial charge in [-0.3, -0.25) is 9.59 Å². The standard InChI is InChI=1S/C16H18F3NO3/c1-10(21)20-15(9-3-8-14(2,23)13(15)22)11-4-6-12(7-5-11)16(17,18)19/h4-7,23H,3,8-9H2,1-2H3,(H,20,21)/t14-,15+/m0/s1. The molecule has 1 amide bonds. The van der Waals surface area contributed by atoms with E-state index in [9.17, 15) is 27.9 Å². The molecule has 23 heavy (non-hydrogen) atoms. The lowest BCUT2D eigenvalue weighted by molar-refractivity contribution is -0.150. The van der Waals surface area contributed by atoms with Crippen LogP contribution in [0, 0.1) is 0 Å². The first-order valence-corrected chi connectivity index (χ1v) is 7.23. The lowest BCUT2D eigenvalue weighted by Crippen LogP contribution is -2.61. The molecule has 126 valence electrons. The Morgan fingerprint density at radius 1 is 1.22 bits per heavy atom. The Morgan fingerprint density at radius 3 is 2.26 bits per heavy atom. The number of hydrogen-bond donors (Lipinski definition) is 2. The highest BCUT2D eigenvalue weighted by molar-refractivity contribution is 5.99. The van der Waals surface area contributed by atoms with Crippen molar-refractivity contribution in [2.24, 2.45) is 0 Å². The number of rotatable bonds is 2. The molecular weight excluding hydrogens is 311 g/mol. The molecule has 1 saturated carbocycles. The Bertz CT molecular complexity index is 622. The molecule has 1 fully saturated rings. The predicted octanol–water partition coefficient (Wildman–Crippen LogP) is 2.54. The van der Waals surface area contributed by atoms with Gasteiger partial charge in [0.05, 0.1) is 5.56 Å². The van der Waals surface area contributed by atoms with Crippen LogP contribution in [0.5, 0.6) is 0 Å².